The number of carbonyl (C=O) groups excluding carboxylic acids is 1. The Kier molecular flexibility index (Phi) is 4.60. The highest BCUT2D eigenvalue weighted by atomic mass is 16.5. The van der Waals surface area contributed by atoms with Gasteiger partial charge in [0.2, 0.25) is 5.78 Å². The molecule has 1 aromatic heterocycles. The SMILES string of the molecule is [C-]#[N+]/C(=N/Nc1ccc(C)cc1)C(=O)c1cc(C(C)(C)C)on1. The lowest BCUT2D eigenvalue weighted by molar-refractivity contribution is 0.105. The molecule has 2 aromatic rings. The van der Waals surface area contributed by atoms with E-state index in [9.17, 15) is 4.79 Å². The predicted molar refractivity (Wildman–Crippen MR) is 88.4 cm³/mol. The number of hydrazone groups is 1. The van der Waals surface area contributed by atoms with Crippen molar-refractivity contribution in [3.63, 3.8) is 0 Å². The first-order chi connectivity index (χ1) is 10.8. The maximum absolute atomic E-state index is 12.3. The van der Waals surface area contributed by atoms with E-state index in [1.54, 1.807) is 6.07 Å². The number of anilines is 1. The summed E-state index contributed by atoms with van der Waals surface area (Å²) >= 11 is 0. The van der Waals surface area contributed by atoms with E-state index < -0.39 is 5.78 Å². The third kappa shape index (κ3) is 4.04. The molecule has 0 spiro atoms. The van der Waals surface area contributed by atoms with E-state index in [0.29, 0.717) is 11.4 Å². The molecule has 6 nitrogen and oxygen atoms in total. The van der Waals surface area contributed by atoms with Crippen LogP contribution >= 0.6 is 0 Å². The Morgan fingerprint density at radius 3 is 2.48 bits per heavy atom. The molecule has 0 radical (unpaired) electrons. The van der Waals surface area contributed by atoms with E-state index >= 15 is 0 Å². The summed E-state index contributed by atoms with van der Waals surface area (Å²) in [6.45, 7) is 15.0. The Labute approximate surface area is 135 Å². The second kappa shape index (κ2) is 6.44. The number of aryl methyl sites for hydroxylation is 1. The molecule has 0 bridgehead atoms. The Bertz CT molecular complexity index is 774. The van der Waals surface area contributed by atoms with Crippen LogP contribution in [0.15, 0.2) is 40.0 Å². The van der Waals surface area contributed by atoms with E-state index in [-0.39, 0.29) is 16.9 Å². The van der Waals surface area contributed by atoms with E-state index in [1.807, 2.05) is 52.0 Å². The molecule has 0 unspecified atom stereocenters. The molecule has 0 aliphatic rings. The van der Waals surface area contributed by atoms with Gasteiger partial charge in [-0.05, 0) is 24.2 Å². The molecule has 0 amide bonds. The summed E-state index contributed by atoms with van der Waals surface area (Å²) in [6.07, 6.45) is 0. The van der Waals surface area contributed by atoms with Crippen LogP contribution in [0.4, 0.5) is 5.69 Å². The van der Waals surface area contributed by atoms with Gasteiger partial charge >= 0.3 is 5.84 Å². The second-order valence-electron chi connectivity index (χ2n) is 6.18. The number of benzene rings is 1. The van der Waals surface area contributed by atoms with Crippen molar-refractivity contribution in [3.8, 4) is 0 Å². The Morgan fingerprint density at radius 2 is 1.96 bits per heavy atom. The normalized spacial score (nSPS) is 11.9. The monoisotopic (exact) mass is 310 g/mol. The summed E-state index contributed by atoms with van der Waals surface area (Å²) in [7, 11) is 0. The van der Waals surface area contributed by atoms with Gasteiger partial charge in [-0.3, -0.25) is 4.79 Å². The maximum Gasteiger partial charge on any atom is 0.343 e. The molecular weight excluding hydrogens is 292 g/mol. The number of ketones is 1. The molecule has 2 rings (SSSR count). The van der Waals surface area contributed by atoms with Gasteiger partial charge in [-0.2, -0.15) is 0 Å². The van der Waals surface area contributed by atoms with Crippen LogP contribution in [0.3, 0.4) is 0 Å². The van der Waals surface area contributed by atoms with Gasteiger partial charge in [-0.15, -0.1) is 0 Å². The standard InChI is InChI=1S/C17H18N4O2/c1-11-6-8-12(9-7-11)19-20-16(18-5)15(22)13-10-14(23-21-13)17(2,3)4/h6-10,19H,1-4H3/b20-16+. The van der Waals surface area contributed by atoms with Crippen LogP contribution in [-0.2, 0) is 5.41 Å². The molecule has 0 aliphatic heterocycles. The maximum atomic E-state index is 12.3. The van der Waals surface area contributed by atoms with Crippen molar-refractivity contribution in [2.75, 3.05) is 5.43 Å². The molecule has 1 aromatic carbocycles. The third-order valence-electron chi connectivity index (χ3n) is 3.13. The average Bonchev–Trinajstić information content (AvgIpc) is 2.99. The van der Waals surface area contributed by atoms with E-state index in [2.05, 4.69) is 20.5 Å². The quantitative estimate of drug-likeness (QED) is 0.306. The molecule has 0 saturated heterocycles. The Morgan fingerprint density at radius 1 is 1.30 bits per heavy atom. The lowest BCUT2D eigenvalue weighted by atomic mass is 9.93. The van der Waals surface area contributed by atoms with Crippen molar-refractivity contribution in [1.82, 2.24) is 5.16 Å². The van der Waals surface area contributed by atoms with Crippen LogP contribution in [0, 0.1) is 13.5 Å². The second-order valence-corrected chi connectivity index (χ2v) is 6.18. The number of Topliss-reactive ketones (excluding diaryl/α,β-unsaturated/α-hetero) is 1. The highest BCUT2D eigenvalue weighted by Gasteiger charge is 2.24. The topological polar surface area (TPSA) is 71.8 Å². The zero-order chi connectivity index (χ0) is 17.0. The first kappa shape index (κ1) is 16.4. The number of amidine groups is 1. The van der Waals surface area contributed by atoms with Crippen molar-refractivity contribution < 1.29 is 9.32 Å². The van der Waals surface area contributed by atoms with Gasteiger partial charge in [0, 0.05) is 11.5 Å². The van der Waals surface area contributed by atoms with Gasteiger partial charge in [0.15, 0.2) is 0 Å². The summed E-state index contributed by atoms with van der Waals surface area (Å²) in [4.78, 5) is 15.5. The van der Waals surface area contributed by atoms with Crippen molar-refractivity contribution in [3.05, 3.63) is 58.8 Å². The molecule has 0 fully saturated rings. The van der Waals surface area contributed by atoms with Crippen LogP contribution in [0.5, 0.6) is 0 Å². The summed E-state index contributed by atoms with van der Waals surface area (Å²) in [5.74, 6) is -0.283. The molecule has 1 N–H and O–H groups in total. The van der Waals surface area contributed by atoms with E-state index in [4.69, 9.17) is 11.1 Å². The lowest BCUT2D eigenvalue weighted by Crippen LogP contribution is -2.13. The summed E-state index contributed by atoms with van der Waals surface area (Å²) < 4.78 is 5.17. The van der Waals surface area contributed by atoms with Gasteiger partial charge in [0.05, 0.1) is 5.69 Å². The summed E-state index contributed by atoms with van der Waals surface area (Å²) in [5.41, 5.74) is 4.33. The van der Waals surface area contributed by atoms with Crippen LogP contribution in [0.1, 0.15) is 42.6 Å². The number of hydrogen-bond acceptors (Lipinski definition) is 5. The molecule has 6 heteroatoms. The smallest absolute Gasteiger partial charge is 0.343 e. The minimum atomic E-state index is -0.570. The third-order valence-corrected chi connectivity index (χ3v) is 3.13. The fourth-order valence-corrected chi connectivity index (χ4v) is 1.72. The molecule has 0 atom stereocenters. The molecule has 23 heavy (non-hydrogen) atoms. The fraction of sp³-hybridized carbons (Fsp3) is 0.294. The Balaban J connectivity index is 2.18. The fourth-order valence-electron chi connectivity index (χ4n) is 1.72. The lowest BCUT2D eigenvalue weighted by Gasteiger charge is -2.11. The minimum absolute atomic E-state index is 0.0791. The number of hydrogen-bond donors (Lipinski definition) is 1. The molecule has 118 valence electrons. The zero-order valence-corrected chi connectivity index (χ0v) is 13.5. The number of aromatic nitrogens is 1. The number of nitrogens with one attached hydrogen (secondary N) is 1. The summed E-state index contributed by atoms with van der Waals surface area (Å²) in [6, 6.07) is 9.00. The molecule has 1 heterocycles. The number of rotatable bonds is 4. The van der Waals surface area contributed by atoms with Crippen LogP contribution in [-0.4, -0.2) is 16.8 Å². The van der Waals surface area contributed by atoms with Gasteiger partial charge in [-0.25, -0.2) is 5.43 Å². The van der Waals surface area contributed by atoms with Crippen LogP contribution in [0.2, 0.25) is 0 Å². The first-order valence-electron chi connectivity index (χ1n) is 7.11. The number of carbonyl (C=O) groups is 1. The number of nitrogens with zero attached hydrogens (tertiary/aromatic N) is 3. The highest BCUT2D eigenvalue weighted by molar-refractivity contribution is 6.48. The van der Waals surface area contributed by atoms with Crippen molar-refractivity contribution >= 4 is 17.3 Å². The molecular formula is C17H18N4O2. The summed E-state index contributed by atoms with van der Waals surface area (Å²) in [5, 5.41) is 7.61. The molecule has 0 aliphatic carbocycles. The van der Waals surface area contributed by atoms with Crippen molar-refractivity contribution in [2.45, 2.75) is 33.1 Å². The van der Waals surface area contributed by atoms with Gasteiger partial charge in [0.1, 0.15) is 11.5 Å². The van der Waals surface area contributed by atoms with Crippen molar-refractivity contribution in [2.24, 2.45) is 5.10 Å². The van der Waals surface area contributed by atoms with Crippen molar-refractivity contribution in [1.29, 1.82) is 0 Å². The Hall–Kier alpha value is -2.94. The average molecular weight is 310 g/mol. The highest BCUT2D eigenvalue weighted by Crippen LogP contribution is 2.23. The predicted octanol–water partition coefficient (Wildman–Crippen LogP) is 3.81. The van der Waals surface area contributed by atoms with Gasteiger partial charge in [-0.1, -0.05) is 50.2 Å². The largest absolute Gasteiger partial charge is 0.360 e. The van der Waals surface area contributed by atoms with Crippen LogP contribution < -0.4 is 5.43 Å². The van der Waals surface area contributed by atoms with Crippen LogP contribution in [0.25, 0.3) is 4.85 Å². The van der Waals surface area contributed by atoms with Gasteiger partial charge < -0.3 is 9.37 Å². The molecule has 0 saturated carbocycles. The van der Waals surface area contributed by atoms with E-state index in [1.165, 1.54) is 0 Å². The zero-order valence-electron chi connectivity index (χ0n) is 13.5. The minimum Gasteiger partial charge on any atom is -0.360 e. The van der Waals surface area contributed by atoms with Gasteiger partial charge in [0.25, 0.3) is 0 Å². The van der Waals surface area contributed by atoms with E-state index in [0.717, 1.165) is 5.56 Å². The first-order valence-corrected chi connectivity index (χ1v) is 7.11.